The van der Waals surface area contributed by atoms with Crippen LogP contribution >= 0.6 is 0 Å². The Labute approximate surface area is 76.0 Å². The lowest BCUT2D eigenvalue weighted by molar-refractivity contribution is -0.304. The normalized spacial score (nSPS) is 27.0. The van der Waals surface area contributed by atoms with Gasteiger partial charge in [-0.2, -0.15) is 22.0 Å². The molecule has 1 aliphatic heterocycles. The molecule has 1 fully saturated rings. The van der Waals surface area contributed by atoms with E-state index < -0.39 is 30.0 Å². The van der Waals surface area contributed by atoms with Gasteiger partial charge >= 0.3 is 12.0 Å². The van der Waals surface area contributed by atoms with Gasteiger partial charge in [0.15, 0.2) is 5.79 Å². The molecular formula is C7H7F5O2. The van der Waals surface area contributed by atoms with E-state index in [0.29, 0.717) is 0 Å². The summed E-state index contributed by atoms with van der Waals surface area (Å²) in [5, 5.41) is 9.04. The monoisotopic (exact) mass is 218 g/mol. The number of rotatable bonds is 3. The highest BCUT2D eigenvalue weighted by molar-refractivity contribution is 5.06. The maximum atomic E-state index is 12.6. The third-order valence-electron chi connectivity index (χ3n) is 1.85. The van der Waals surface area contributed by atoms with Crippen molar-refractivity contribution in [3.8, 4) is 0 Å². The lowest BCUT2D eigenvalue weighted by Crippen LogP contribution is -2.48. The van der Waals surface area contributed by atoms with Crippen LogP contribution in [-0.4, -0.2) is 23.4 Å². The number of aliphatic hydroxyl groups is 1. The summed E-state index contributed by atoms with van der Waals surface area (Å²) >= 11 is 0. The van der Waals surface area contributed by atoms with Crippen LogP contribution in [0.4, 0.5) is 22.0 Å². The van der Waals surface area contributed by atoms with Gasteiger partial charge < -0.3 is 9.84 Å². The third kappa shape index (κ3) is 2.21. The molecule has 0 radical (unpaired) electrons. The van der Waals surface area contributed by atoms with Gasteiger partial charge in [-0.15, -0.1) is 0 Å². The van der Waals surface area contributed by atoms with Crippen molar-refractivity contribution in [2.75, 3.05) is 6.61 Å². The molecule has 1 atom stereocenters. The molecule has 82 valence electrons. The van der Waals surface area contributed by atoms with Crippen molar-refractivity contribution >= 4 is 0 Å². The number of hydrogen-bond donors (Lipinski definition) is 1. The number of alkyl halides is 2. The molecular weight excluding hydrogens is 211 g/mol. The second kappa shape index (κ2) is 3.47. The van der Waals surface area contributed by atoms with Crippen LogP contribution < -0.4 is 0 Å². The zero-order chi connectivity index (χ0) is 11.0. The summed E-state index contributed by atoms with van der Waals surface area (Å²) in [6.45, 7) is 0.0516. The number of ether oxygens (including phenoxy) is 1. The van der Waals surface area contributed by atoms with Gasteiger partial charge in [-0.05, 0) is 0 Å². The lowest BCUT2D eigenvalue weighted by Gasteiger charge is -2.38. The fraction of sp³-hybridized carbons (Fsp3) is 0.714. The van der Waals surface area contributed by atoms with E-state index in [0.717, 1.165) is 0 Å². The van der Waals surface area contributed by atoms with Crippen LogP contribution in [0.3, 0.4) is 0 Å². The molecule has 0 bridgehead atoms. The summed E-state index contributed by atoms with van der Waals surface area (Å²) in [5.41, 5.74) is 0. The van der Waals surface area contributed by atoms with Gasteiger partial charge in [0.1, 0.15) is 0 Å². The molecule has 1 saturated heterocycles. The van der Waals surface area contributed by atoms with Gasteiger partial charge in [-0.3, -0.25) is 0 Å². The molecule has 7 heteroatoms. The topological polar surface area (TPSA) is 29.5 Å². The standard InChI is InChI=1S/C7H7F5O2/c8-4(5(9)10)7(11,12)3-6(13)1-2-14-6/h13H,1-3H2. The Bertz CT molecular complexity index is 255. The molecule has 1 unspecified atom stereocenters. The Kier molecular flexibility index (Phi) is 2.82. The summed E-state index contributed by atoms with van der Waals surface area (Å²) < 4.78 is 64.8. The molecule has 0 spiro atoms. The molecule has 1 rings (SSSR count). The quantitative estimate of drug-likeness (QED) is 0.736. The SMILES string of the molecule is OC1(CC(F)(F)C(F)=C(F)F)CCO1. The van der Waals surface area contributed by atoms with E-state index in [9.17, 15) is 22.0 Å². The maximum Gasteiger partial charge on any atom is 0.309 e. The van der Waals surface area contributed by atoms with Crippen molar-refractivity contribution in [1.82, 2.24) is 0 Å². The minimum absolute atomic E-state index is 0.0516. The van der Waals surface area contributed by atoms with Crippen LogP contribution in [0.1, 0.15) is 12.8 Å². The molecule has 0 amide bonds. The molecule has 0 saturated carbocycles. The first-order chi connectivity index (χ1) is 6.27. The van der Waals surface area contributed by atoms with E-state index in [1.165, 1.54) is 0 Å². The first kappa shape index (κ1) is 11.4. The predicted octanol–water partition coefficient (Wildman–Crippen LogP) is 2.20. The van der Waals surface area contributed by atoms with E-state index >= 15 is 0 Å². The zero-order valence-electron chi connectivity index (χ0n) is 6.87. The van der Waals surface area contributed by atoms with E-state index in [1.807, 2.05) is 0 Å². The number of hydrogen-bond acceptors (Lipinski definition) is 2. The van der Waals surface area contributed by atoms with Crippen LogP contribution in [0.15, 0.2) is 11.9 Å². The Morgan fingerprint density at radius 1 is 1.36 bits per heavy atom. The zero-order valence-corrected chi connectivity index (χ0v) is 6.87. The van der Waals surface area contributed by atoms with Crippen LogP contribution in [0.2, 0.25) is 0 Å². The molecule has 0 aromatic heterocycles. The van der Waals surface area contributed by atoms with Crippen molar-refractivity contribution in [2.45, 2.75) is 24.6 Å². The Morgan fingerprint density at radius 2 is 1.86 bits per heavy atom. The van der Waals surface area contributed by atoms with E-state index in [-0.39, 0.29) is 13.0 Å². The van der Waals surface area contributed by atoms with Crippen molar-refractivity contribution < 1.29 is 31.8 Å². The second-order valence-corrected chi connectivity index (χ2v) is 3.00. The molecule has 14 heavy (non-hydrogen) atoms. The highest BCUT2D eigenvalue weighted by Crippen LogP contribution is 2.40. The Hall–Kier alpha value is -0.690. The van der Waals surface area contributed by atoms with Crippen LogP contribution in [0.5, 0.6) is 0 Å². The first-order valence-electron chi connectivity index (χ1n) is 3.72. The van der Waals surface area contributed by atoms with Crippen LogP contribution in [-0.2, 0) is 4.74 Å². The molecule has 0 aromatic rings. The summed E-state index contributed by atoms with van der Waals surface area (Å²) in [4.78, 5) is 0. The van der Waals surface area contributed by atoms with E-state index in [1.54, 1.807) is 0 Å². The average Bonchev–Trinajstić information content (AvgIpc) is 1.99. The minimum Gasteiger partial charge on any atom is -0.365 e. The van der Waals surface area contributed by atoms with Gasteiger partial charge in [-0.25, -0.2) is 0 Å². The molecule has 0 aliphatic carbocycles. The Morgan fingerprint density at radius 3 is 2.14 bits per heavy atom. The fourth-order valence-electron chi connectivity index (χ4n) is 1.04. The summed E-state index contributed by atoms with van der Waals surface area (Å²) in [6.07, 6.45) is -4.70. The molecule has 2 nitrogen and oxygen atoms in total. The first-order valence-corrected chi connectivity index (χ1v) is 3.72. The summed E-state index contributed by atoms with van der Waals surface area (Å²) in [6, 6.07) is 0. The van der Waals surface area contributed by atoms with Crippen LogP contribution in [0.25, 0.3) is 0 Å². The molecule has 0 aromatic carbocycles. The number of allylic oxidation sites excluding steroid dienone is 1. The average molecular weight is 218 g/mol. The number of halogens is 5. The van der Waals surface area contributed by atoms with Gasteiger partial charge in [0.2, 0.25) is 5.83 Å². The second-order valence-electron chi connectivity index (χ2n) is 3.00. The smallest absolute Gasteiger partial charge is 0.309 e. The largest absolute Gasteiger partial charge is 0.365 e. The highest BCUT2D eigenvalue weighted by atomic mass is 19.3. The van der Waals surface area contributed by atoms with Crippen molar-refractivity contribution in [3.63, 3.8) is 0 Å². The van der Waals surface area contributed by atoms with Gasteiger partial charge in [0, 0.05) is 6.42 Å². The van der Waals surface area contributed by atoms with Gasteiger partial charge in [0.05, 0.1) is 13.0 Å². The predicted molar refractivity (Wildman–Crippen MR) is 35.4 cm³/mol. The van der Waals surface area contributed by atoms with Gasteiger partial charge in [-0.1, -0.05) is 0 Å². The van der Waals surface area contributed by atoms with Crippen molar-refractivity contribution in [1.29, 1.82) is 0 Å². The lowest BCUT2D eigenvalue weighted by atomic mass is 10.00. The molecule has 1 N–H and O–H groups in total. The van der Waals surface area contributed by atoms with E-state index in [2.05, 4.69) is 4.74 Å². The third-order valence-corrected chi connectivity index (χ3v) is 1.85. The maximum absolute atomic E-state index is 12.6. The minimum atomic E-state index is -4.39. The summed E-state index contributed by atoms with van der Waals surface area (Å²) in [5.74, 6) is -9.40. The Balaban J connectivity index is 2.71. The fourth-order valence-corrected chi connectivity index (χ4v) is 1.04. The van der Waals surface area contributed by atoms with E-state index in [4.69, 9.17) is 5.11 Å². The molecule has 1 heterocycles. The molecule has 1 aliphatic rings. The van der Waals surface area contributed by atoms with Crippen LogP contribution in [0, 0.1) is 0 Å². The van der Waals surface area contributed by atoms with Gasteiger partial charge in [0.25, 0.3) is 0 Å². The highest BCUT2D eigenvalue weighted by Gasteiger charge is 2.50. The van der Waals surface area contributed by atoms with Crippen molar-refractivity contribution in [3.05, 3.63) is 11.9 Å². The summed E-state index contributed by atoms with van der Waals surface area (Å²) in [7, 11) is 0. The van der Waals surface area contributed by atoms with Crippen molar-refractivity contribution in [2.24, 2.45) is 0 Å².